The Morgan fingerprint density at radius 3 is 2.26 bits per heavy atom. The second-order valence-corrected chi connectivity index (χ2v) is 6.90. The van der Waals surface area contributed by atoms with Gasteiger partial charge in [-0.1, -0.05) is 12.1 Å². The number of rotatable bonds is 5. The monoisotopic (exact) mass is 373 g/mol. The van der Waals surface area contributed by atoms with Crippen molar-refractivity contribution in [2.75, 3.05) is 11.9 Å². The molecule has 0 atom stereocenters. The molecule has 8 nitrogen and oxygen atoms in total. The molecule has 27 heavy (non-hydrogen) atoms. The van der Waals surface area contributed by atoms with Crippen LogP contribution in [0.25, 0.3) is 0 Å². The molecule has 2 rings (SSSR count). The van der Waals surface area contributed by atoms with E-state index in [-0.39, 0.29) is 11.4 Å². The number of hydrogen-bond acceptors (Lipinski definition) is 6. The number of carbonyl (C=O) groups is 1. The van der Waals surface area contributed by atoms with Crippen molar-refractivity contribution < 1.29 is 19.2 Å². The Morgan fingerprint density at radius 2 is 1.74 bits per heavy atom. The molecule has 0 saturated heterocycles. The Labute approximate surface area is 157 Å². The van der Waals surface area contributed by atoms with E-state index in [0.29, 0.717) is 18.0 Å². The molecule has 1 amide bonds. The van der Waals surface area contributed by atoms with Crippen LogP contribution in [0.2, 0.25) is 0 Å². The first kappa shape index (κ1) is 20.2. The Bertz CT molecular complexity index is 828. The molecule has 0 spiro atoms. The lowest BCUT2D eigenvalue weighted by atomic mass is 10.2. The van der Waals surface area contributed by atoms with Crippen LogP contribution in [-0.2, 0) is 11.3 Å². The van der Waals surface area contributed by atoms with Crippen LogP contribution in [-0.4, -0.2) is 23.7 Å². The Morgan fingerprint density at radius 1 is 1.15 bits per heavy atom. The fraction of sp³-hybridized carbons (Fsp3) is 0.316. The van der Waals surface area contributed by atoms with Gasteiger partial charge in [0.25, 0.3) is 5.69 Å². The quantitative estimate of drug-likeness (QED) is 0.621. The highest BCUT2D eigenvalue weighted by atomic mass is 16.6. The van der Waals surface area contributed by atoms with E-state index in [1.165, 1.54) is 25.2 Å². The molecule has 2 aromatic carbocycles. The van der Waals surface area contributed by atoms with Crippen molar-refractivity contribution in [1.82, 2.24) is 0 Å². The van der Waals surface area contributed by atoms with Gasteiger partial charge in [-0.25, -0.2) is 4.79 Å². The normalized spacial score (nSPS) is 11.0. The van der Waals surface area contributed by atoms with Gasteiger partial charge >= 0.3 is 6.09 Å². The van der Waals surface area contributed by atoms with E-state index >= 15 is 0 Å². The smallest absolute Gasteiger partial charge is 0.414 e. The van der Waals surface area contributed by atoms with Crippen molar-refractivity contribution in [1.29, 1.82) is 0 Å². The first-order valence-electron chi connectivity index (χ1n) is 8.33. The van der Waals surface area contributed by atoms with Crippen molar-refractivity contribution in [3.8, 4) is 11.5 Å². The summed E-state index contributed by atoms with van der Waals surface area (Å²) in [6.45, 7) is 5.58. The number of ether oxygens (including phenoxy) is 2. The number of benzene rings is 2. The predicted octanol–water partition coefficient (Wildman–Crippen LogP) is 4.22. The molecular weight excluding hydrogens is 350 g/mol. The summed E-state index contributed by atoms with van der Waals surface area (Å²) in [6.07, 6.45) is -0.699. The van der Waals surface area contributed by atoms with Crippen LogP contribution in [0.4, 0.5) is 16.2 Å². The van der Waals surface area contributed by atoms with Crippen LogP contribution in [0.5, 0.6) is 11.5 Å². The lowest BCUT2D eigenvalue weighted by Gasteiger charge is -2.24. The van der Waals surface area contributed by atoms with Gasteiger partial charge in [-0.3, -0.25) is 15.0 Å². The molecule has 0 aliphatic rings. The van der Waals surface area contributed by atoms with Gasteiger partial charge in [-0.15, -0.1) is 0 Å². The largest absolute Gasteiger partial charge is 0.457 e. The number of nitrogens with two attached hydrogens (primary N) is 1. The van der Waals surface area contributed by atoms with Gasteiger partial charge in [-0.2, -0.15) is 0 Å². The lowest BCUT2D eigenvalue weighted by Crippen LogP contribution is -2.34. The summed E-state index contributed by atoms with van der Waals surface area (Å²) >= 11 is 0. The third-order valence-corrected chi connectivity index (χ3v) is 3.57. The number of nitro benzene ring substituents is 1. The van der Waals surface area contributed by atoms with Crippen LogP contribution in [0.3, 0.4) is 0 Å². The molecule has 0 heterocycles. The van der Waals surface area contributed by atoms with Gasteiger partial charge in [0.1, 0.15) is 22.8 Å². The van der Waals surface area contributed by atoms with E-state index in [1.54, 1.807) is 32.9 Å². The Kier molecular flexibility index (Phi) is 6.02. The zero-order valence-electron chi connectivity index (χ0n) is 15.8. The minimum Gasteiger partial charge on any atom is -0.457 e. The average molecular weight is 373 g/mol. The summed E-state index contributed by atoms with van der Waals surface area (Å²) in [5, 5.41) is 11.3. The van der Waals surface area contributed by atoms with E-state index in [2.05, 4.69) is 0 Å². The molecule has 0 aliphatic carbocycles. The number of amides is 1. The number of nitro groups is 1. The molecule has 0 radical (unpaired) electrons. The highest BCUT2D eigenvalue weighted by Gasteiger charge is 2.26. The summed E-state index contributed by atoms with van der Waals surface area (Å²) in [4.78, 5) is 24.2. The van der Waals surface area contributed by atoms with E-state index < -0.39 is 16.6 Å². The number of carbonyl (C=O) groups excluding carboxylic acids is 1. The number of anilines is 1. The van der Waals surface area contributed by atoms with E-state index in [4.69, 9.17) is 15.2 Å². The second kappa shape index (κ2) is 8.05. The Balaban J connectivity index is 2.32. The molecule has 8 heteroatoms. The summed E-state index contributed by atoms with van der Waals surface area (Å²) < 4.78 is 11.0. The van der Waals surface area contributed by atoms with Crippen LogP contribution in [0.15, 0.2) is 42.5 Å². The molecule has 0 aliphatic heterocycles. The number of nitrogens with zero attached hydrogens (tertiary/aromatic N) is 2. The van der Waals surface area contributed by atoms with Crippen LogP contribution in [0.1, 0.15) is 26.3 Å². The average Bonchev–Trinajstić information content (AvgIpc) is 2.60. The topological polar surface area (TPSA) is 108 Å². The van der Waals surface area contributed by atoms with Crippen molar-refractivity contribution in [2.45, 2.75) is 32.9 Å². The Hall–Kier alpha value is -3.13. The molecule has 0 aromatic heterocycles. The summed E-state index contributed by atoms with van der Waals surface area (Å²) in [5.41, 5.74) is 5.65. The fourth-order valence-corrected chi connectivity index (χ4v) is 2.25. The highest BCUT2D eigenvalue weighted by Crippen LogP contribution is 2.34. The predicted molar refractivity (Wildman–Crippen MR) is 102 cm³/mol. The SMILES string of the molecule is CN(C(=O)OC(C)(C)C)c1cc(Oc2ccc(CN)cc2)ccc1[N+](=O)[O-]. The van der Waals surface area contributed by atoms with Crippen LogP contribution < -0.4 is 15.4 Å². The van der Waals surface area contributed by atoms with E-state index in [9.17, 15) is 14.9 Å². The standard InChI is InChI=1S/C19H23N3O5/c1-19(2,3)27-18(23)21(4)17-11-15(9-10-16(17)22(24)25)26-14-7-5-13(12-20)6-8-14/h5-11H,12,20H2,1-4H3. The first-order valence-corrected chi connectivity index (χ1v) is 8.33. The molecule has 144 valence electrons. The van der Waals surface area contributed by atoms with Gasteiger partial charge in [0.15, 0.2) is 0 Å². The van der Waals surface area contributed by atoms with Gasteiger partial charge in [-0.05, 0) is 44.5 Å². The zero-order valence-corrected chi connectivity index (χ0v) is 15.8. The third kappa shape index (κ3) is 5.42. The van der Waals surface area contributed by atoms with Crippen LogP contribution in [0, 0.1) is 10.1 Å². The van der Waals surface area contributed by atoms with E-state index in [0.717, 1.165) is 10.5 Å². The molecule has 2 N–H and O–H groups in total. The summed E-state index contributed by atoms with van der Waals surface area (Å²) in [5.74, 6) is 0.901. The van der Waals surface area contributed by atoms with Gasteiger partial charge in [0.05, 0.1) is 4.92 Å². The molecular formula is C19H23N3O5. The second-order valence-electron chi connectivity index (χ2n) is 6.90. The molecule has 0 unspecified atom stereocenters. The molecule has 0 fully saturated rings. The van der Waals surface area contributed by atoms with E-state index in [1.807, 2.05) is 12.1 Å². The van der Waals surface area contributed by atoms with Crippen LogP contribution >= 0.6 is 0 Å². The third-order valence-electron chi connectivity index (χ3n) is 3.57. The maximum atomic E-state index is 12.3. The number of hydrogen-bond donors (Lipinski definition) is 1. The highest BCUT2D eigenvalue weighted by molar-refractivity contribution is 5.90. The zero-order chi connectivity index (χ0) is 20.2. The van der Waals surface area contributed by atoms with Crippen molar-refractivity contribution in [3.05, 3.63) is 58.1 Å². The molecule has 0 saturated carbocycles. The maximum absolute atomic E-state index is 12.3. The van der Waals surface area contributed by atoms with Crippen molar-refractivity contribution >= 4 is 17.5 Å². The minimum absolute atomic E-state index is 0.0744. The lowest BCUT2D eigenvalue weighted by molar-refractivity contribution is -0.384. The maximum Gasteiger partial charge on any atom is 0.414 e. The van der Waals surface area contributed by atoms with Crippen molar-refractivity contribution in [2.24, 2.45) is 5.73 Å². The first-order chi connectivity index (χ1) is 12.6. The molecule has 0 bridgehead atoms. The minimum atomic E-state index is -0.723. The summed E-state index contributed by atoms with van der Waals surface area (Å²) in [7, 11) is 1.41. The molecule has 2 aromatic rings. The van der Waals surface area contributed by atoms with Gasteiger partial charge in [0.2, 0.25) is 0 Å². The fourth-order valence-electron chi connectivity index (χ4n) is 2.25. The van der Waals surface area contributed by atoms with Gasteiger partial charge in [0, 0.05) is 25.7 Å². The van der Waals surface area contributed by atoms with Crippen molar-refractivity contribution in [3.63, 3.8) is 0 Å². The summed E-state index contributed by atoms with van der Waals surface area (Å²) in [6, 6.07) is 11.4. The van der Waals surface area contributed by atoms with Gasteiger partial charge < -0.3 is 15.2 Å².